The Balaban J connectivity index is 2.59. The third-order valence-corrected chi connectivity index (χ3v) is 3.82. The van der Waals surface area contributed by atoms with E-state index in [0.29, 0.717) is 0 Å². The van der Waals surface area contributed by atoms with Gasteiger partial charge in [-0.2, -0.15) is 13.2 Å². The van der Waals surface area contributed by atoms with E-state index >= 15 is 0 Å². The molecular weight excluding hydrogens is 303 g/mol. The molecule has 2 aromatic rings. The van der Waals surface area contributed by atoms with E-state index in [9.17, 15) is 21.6 Å². The van der Waals surface area contributed by atoms with Gasteiger partial charge in [-0.1, -0.05) is 24.3 Å². The summed E-state index contributed by atoms with van der Waals surface area (Å²) in [6.07, 6.45) is -3.59. The predicted molar refractivity (Wildman–Crippen MR) is 74.9 cm³/mol. The van der Waals surface area contributed by atoms with Crippen LogP contribution in [0, 0.1) is 0 Å². The van der Waals surface area contributed by atoms with Crippen molar-refractivity contribution in [2.75, 3.05) is 10.6 Å². The number of hydrogen-bond donors (Lipinski definition) is 0. The van der Waals surface area contributed by atoms with E-state index in [1.165, 1.54) is 24.3 Å². The van der Waals surface area contributed by atoms with Gasteiger partial charge in [-0.15, -0.1) is 0 Å². The molecule has 0 amide bonds. The summed E-state index contributed by atoms with van der Waals surface area (Å²) < 4.78 is 63.0. The fraction of sp³-hybridized carbons (Fsp3) is 0.143. The van der Waals surface area contributed by atoms with Crippen molar-refractivity contribution >= 4 is 21.4 Å². The zero-order valence-electron chi connectivity index (χ0n) is 11.0. The molecule has 0 N–H and O–H groups in total. The van der Waals surface area contributed by atoms with E-state index < -0.39 is 21.8 Å². The van der Waals surface area contributed by atoms with E-state index in [-0.39, 0.29) is 11.4 Å². The Labute approximate surface area is 120 Å². The van der Waals surface area contributed by atoms with Gasteiger partial charge in [0.1, 0.15) is 0 Å². The Hall–Kier alpha value is -2.02. The highest BCUT2D eigenvalue weighted by atomic mass is 32.2. The lowest BCUT2D eigenvalue weighted by Crippen LogP contribution is -2.25. The van der Waals surface area contributed by atoms with E-state index in [0.717, 1.165) is 22.7 Å². The Morgan fingerprint density at radius 3 is 2.00 bits per heavy atom. The van der Waals surface area contributed by atoms with Crippen LogP contribution in [-0.2, 0) is 16.2 Å². The summed E-state index contributed by atoms with van der Waals surface area (Å²) in [7, 11) is -3.77. The quantitative estimate of drug-likeness (QED) is 0.864. The number of benzene rings is 2. The summed E-state index contributed by atoms with van der Waals surface area (Å²) in [6, 6.07) is 12.2. The highest BCUT2D eigenvalue weighted by molar-refractivity contribution is 7.92. The number of hydrogen-bond acceptors (Lipinski definition) is 2. The molecule has 0 aromatic heterocycles. The van der Waals surface area contributed by atoms with Crippen molar-refractivity contribution in [2.45, 2.75) is 6.18 Å². The molecule has 0 saturated heterocycles. The summed E-state index contributed by atoms with van der Waals surface area (Å²) in [4.78, 5) is 0. The van der Waals surface area contributed by atoms with Crippen molar-refractivity contribution in [3.8, 4) is 0 Å². The zero-order valence-corrected chi connectivity index (χ0v) is 11.8. The minimum atomic E-state index is -4.53. The van der Waals surface area contributed by atoms with E-state index in [1.807, 2.05) is 0 Å². The van der Waals surface area contributed by atoms with Crippen molar-refractivity contribution in [3.63, 3.8) is 0 Å². The van der Waals surface area contributed by atoms with Crippen molar-refractivity contribution < 1.29 is 21.6 Å². The van der Waals surface area contributed by atoms with Crippen LogP contribution >= 0.6 is 0 Å². The van der Waals surface area contributed by atoms with Crippen LogP contribution in [0.2, 0.25) is 0 Å². The molecule has 112 valence electrons. The van der Waals surface area contributed by atoms with Crippen molar-refractivity contribution in [1.29, 1.82) is 0 Å². The van der Waals surface area contributed by atoms with Crippen LogP contribution in [-0.4, -0.2) is 14.7 Å². The number of alkyl halides is 3. The third-order valence-electron chi connectivity index (χ3n) is 2.73. The molecule has 0 radical (unpaired) electrons. The van der Waals surface area contributed by atoms with E-state index in [1.54, 1.807) is 18.2 Å². The van der Waals surface area contributed by atoms with Gasteiger partial charge in [0, 0.05) is 0 Å². The van der Waals surface area contributed by atoms with Crippen LogP contribution in [0.5, 0.6) is 0 Å². The van der Waals surface area contributed by atoms with Crippen LogP contribution < -0.4 is 4.31 Å². The van der Waals surface area contributed by atoms with Gasteiger partial charge in [-0.3, -0.25) is 0 Å². The van der Waals surface area contributed by atoms with Gasteiger partial charge in [0.15, 0.2) is 0 Å². The molecule has 0 saturated carbocycles. The number of rotatable bonds is 3. The molecule has 2 aromatic carbocycles. The van der Waals surface area contributed by atoms with Crippen LogP contribution in [0.4, 0.5) is 24.5 Å². The largest absolute Gasteiger partial charge is 0.416 e. The van der Waals surface area contributed by atoms with Crippen LogP contribution in [0.15, 0.2) is 54.6 Å². The zero-order chi connectivity index (χ0) is 15.7. The summed E-state index contributed by atoms with van der Waals surface area (Å²) in [5.41, 5.74) is -0.678. The standard InChI is InChI=1S/C14H12F3NO2S/c1-21(19,20)18(12-7-3-2-4-8-12)13-9-5-6-11(10-13)14(15,16)17/h2-10H,1H3. The lowest BCUT2D eigenvalue weighted by molar-refractivity contribution is -0.137. The number of anilines is 2. The van der Waals surface area contributed by atoms with Crippen molar-refractivity contribution in [2.24, 2.45) is 0 Å². The maximum Gasteiger partial charge on any atom is 0.416 e. The summed E-state index contributed by atoms with van der Waals surface area (Å²) >= 11 is 0. The summed E-state index contributed by atoms with van der Waals surface area (Å²) in [6.45, 7) is 0. The number of halogens is 3. The first-order valence-electron chi connectivity index (χ1n) is 5.92. The molecule has 0 aliphatic heterocycles. The second-order valence-corrected chi connectivity index (χ2v) is 6.24. The highest BCUT2D eigenvalue weighted by Crippen LogP contribution is 2.34. The van der Waals surface area contributed by atoms with E-state index in [2.05, 4.69) is 0 Å². The summed E-state index contributed by atoms with van der Waals surface area (Å²) in [5, 5.41) is 0. The van der Waals surface area contributed by atoms with Crippen LogP contribution in [0.3, 0.4) is 0 Å². The lowest BCUT2D eigenvalue weighted by Gasteiger charge is -2.23. The summed E-state index contributed by atoms with van der Waals surface area (Å²) in [5.74, 6) is 0. The fourth-order valence-electron chi connectivity index (χ4n) is 1.90. The molecule has 0 aliphatic carbocycles. The molecule has 0 spiro atoms. The predicted octanol–water partition coefficient (Wildman–Crippen LogP) is 3.80. The fourth-order valence-corrected chi connectivity index (χ4v) is 2.91. The first kappa shape index (κ1) is 15.4. The van der Waals surface area contributed by atoms with Crippen LogP contribution in [0.1, 0.15) is 5.56 Å². The molecule has 3 nitrogen and oxygen atoms in total. The lowest BCUT2D eigenvalue weighted by atomic mass is 10.2. The molecule has 0 unspecified atom stereocenters. The molecule has 0 heterocycles. The highest BCUT2D eigenvalue weighted by Gasteiger charge is 2.31. The van der Waals surface area contributed by atoms with Gasteiger partial charge in [-0.05, 0) is 30.3 Å². The minimum Gasteiger partial charge on any atom is -0.239 e. The molecular formula is C14H12F3NO2S. The Bertz CT molecular complexity index is 727. The van der Waals surface area contributed by atoms with Gasteiger partial charge in [-0.25, -0.2) is 12.7 Å². The average Bonchev–Trinajstić information content (AvgIpc) is 2.38. The maximum atomic E-state index is 12.8. The van der Waals surface area contributed by atoms with Gasteiger partial charge in [0.25, 0.3) is 0 Å². The topological polar surface area (TPSA) is 37.4 Å². The van der Waals surface area contributed by atoms with Gasteiger partial charge >= 0.3 is 6.18 Å². The Morgan fingerprint density at radius 2 is 1.48 bits per heavy atom. The molecule has 2 rings (SSSR count). The number of sulfonamides is 1. The average molecular weight is 315 g/mol. The molecule has 0 bridgehead atoms. The normalized spacial score (nSPS) is 12.2. The molecule has 7 heteroatoms. The molecule has 0 fully saturated rings. The molecule has 0 aliphatic rings. The van der Waals surface area contributed by atoms with Crippen LogP contribution in [0.25, 0.3) is 0 Å². The molecule has 21 heavy (non-hydrogen) atoms. The van der Waals surface area contributed by atoms with Crippen molar-refractivity contribution in [1.82, 2.24) is 0 Å². The van der Waals surface area contributed by atoms with Crippen molar-refractivity contribution in [3.05, 3.63) is 60.2 Å². The van der Waals surface area contributed by atoms with Gasteiger partial charge in [0.2, 0.25) is 10.0 Å². The monoisotopic (exact) mass is 315 g/mol. The van der Waals surface area contributed by atoms with Gasteiger partial charge in [0.05, 0.1) is 23.2 Å². The third kappa shape index (κ3) is 3.55. The van der Waals surface area contributed by atoms with Gasteiger partial charge < -0.3 is 0 Å². The Morgan fingerprint density at radius 1 is 0.905 bits per heavy atom. The van der Waals surface area contributed by atoms with E-state index in [4.69, 9.17) is 0 Å². The number of para-hydroxylation sites is 1. The molecule has 0 atom stereocenters. The first-order valence-corrected chi connectivity index (χ1v) is 7.77. The maximum absolute atomic E-state index is 12.8. The minimum absolute atomic E-state index is 0.0569. The smallest absolute Gasteiger partial charge is 0.239 e. The Kier molecular flexibility index (Phi) is 3.95. The SMILES string of the molecule is CS(=O)(=O)N(c1ccccc1)c1cccc(C(F)(F)F)c1. The first-order chi connectivity index (χ1) is 9.69. The number of nitrogens with zero attached hydrogens (tertiary/aromatic N) is 1. The second-order valence-electron chi connectivity index (χ2n) is 4.41. The second kappa shape index (κ2) is 5.40.